The monoisotopic (exact) mass is 329 g/mol. The third-order valence-corrected chi connectivity index (χ3v) is 4.15. The molecule has 2 rings (SSSR count). The Morgan fingerprint density at radius 1 is 1.30 bits per heavy atom. The van der Waals surface area contributed by atoms with E-state index in [4.69, 9.17) is 5.73 Å². The Morgan fingerprint density at radius 2 is 1.96 bits per heavy atom. The van der Waals surface area contributed by atoms with E-state index in [1.165, 1.54) is 11.8 Å². The first-order valence-corrected chi connectivity index (χ1v) is 7.26. The number of hydrogen-bond donors (Lipinski definition) is 1. The maximum atomic E-state index is 12.6. The van der Waals surface area contributed by atoms with Crippen LogP contribution in [-0.2, 0) is 11.0 Å². The van der Waals surface area contributed by atoms with Crippen LogP contribution in [0, 0.1) is 12.8 Å². The van der Waals surface area contributed by atoms with Gasteiger partial charge in [0.1, 0.15) is 5.69 Å². The number of carbonyl (C=O) groups is 2. The maximum Gasteiger partial charge on any atom is 0.433 e. The van der Waals surface area contributed by atoms with Gasteiger partial charge in [0.2, 0.25) is 5.91 Å². The lowest BCUT2D eigenvalue weighted by atomic mass is 9.92. The smallest absolute Gasteiger partial charge is 0.369 e. The molecule has 0 aliphatic carbocycles. The van der Waals surface area contributed by atoms with Crippen molar-refractivity contribution < 1.29 is 22.8 Å². The Balaban J connectivity index is 2.27. The van der Waals surface area contributed by atoms with Crippen LogP contribution in [0.2, 0.25) is 0 Å². The number of halogens is 3. The van der Waals surface area contributed by atoms with Gasteiger partial charge in [0.15, 0.2) is 0 Å². The van der Waals surface area contributed by atoms with E-state index in [1.807, 2.05) is 6.92 Å². The minimum absolute atomic E-state index is 0.0122. The Kier molecular flexibility index (Phi) is 4.63. The molecule has 2 atom stereocenters. The molecule has 5 nitrogen and oxygen atoms in total. The number of alkyl halides is 3. The standard InChI is InChI=1S/C15H18F3N3O2/c1-8-3-4-10(13(19)22)7-21(8)14(23)11-5-6-12(15(16,17)18)20-9(11)2/h5-6,8,10H,3-4,7H2,1-2H3,(H2,19,22)/t8-,10-/m0/s1. The number of rotatable bonds is 2. The Morgan fingerprint density at radius 3 is 2.48 bits per heavy atom. The molecule has 0 spiro atoms. The number of pyridine rings is 1. The number of amides is 2. The highest BCUT2D eigenvalue weighted by molar-refractivity contribution is 5.96. The number of likely N-dealkylation sites (tertiary alicyclic amines) is 1. The molecule has 1 aromatic rings. The molecule has 0 saturated carbocycles. The zero-order valence-corrected chi connectivity index (χ0v) is 12.9. The van der Waals surface area contributed by atoms with E-state index >= 15 is 0 Å². The van der Waals surface area contributed by atoms with Crippen LogP contribution < -0.4 is 5.73 Å². The number of aromatic nitrogens is 1. The molecule has 23 heavy (non-hydrogen) atoms. The quantitative estimate of drug-likeness (QED) is 0.903. The number of nitrogens with two attached hydrogens (primary N) is 1. The second kappa shape index (κ2) is 6.17. The lowest BCUT2D eigenvalue weighted by Gasteiger charge is -2.37. The molecule has 2 N–H and O–H groups in total. The molecule has 8 heteroatoms. The van der Waals surface area contributed by atoms with Gasteiger partial charge in [-0.05, 0) is 38.8 Å². The van der Waals surface area contributed by atoms with Crippen LogP contribution in [0.4, 0.5) is 13.2 Å². The molecule has 0 radical (unpaired) electrons. The van der Waals surface area contributed by atoms with E-state index < -0.39 is 29.6 Å². The van der Waals surface area contributed by atoms with Crippen LogP contribution in [-0.4, -0.2) is 34.3 Å². The molecular formula is C15H18F3N3O2. The molecule has 0 aromatic carbocycles. The van der Waals surface area contributed by atoms with Gasteiger partial charge in [0.25, 0.3) is 5.91 Å². The Hall–Kier alpha value is -2.12. The molecule has 2 heterocycles. The molecule has 1 aromatic heterocycles. The highest BCUT2D eigenvalue weighted by Crippen LogP contribution is 2.29. The number of nitrogens with zero attached hydrogens (tertiary/aromatic N) is 2. The van der Waals surface area contributed by atoms with Gasteiger partial charge in [-0.15, -0.1) is 0 Å². The summed E-state index contributed by atoms with van der Waals surface area (Å²) in [5.74, 6) is -1.34. The molecule has 1 aliphatic heterocycles. The third-order valence-electron chi connectivity index (χ3n) is 4.15. The van der Waals surface area contributed by atoms with Crippen molar-refractivity contribution in [1.82, 2.24) is 9.88 Å². The van der Waals surface area contributed by atoms with Gasteiger partial charge >= 0.3 is 6.18 Å². The van der Waals surface area contributed by atoms with Crippen molar-refractivity contribution in [1.29, 1.82) is 0 Å². The summed E-state index contributed by atoms with van der Waals surface area (Å²) in [6.07, 6.45) is -3.33. The first kappa shape index (κ1) is 17.2. The molecule has 126 valence electrons. The van der Waals surface area contributed by atoms with Gasteiger partial charge in [-0.3, -0.25) is 9.59 Å². The van der Waals surface area contributed by atoms with Gasteiger partial charge in [0, 0.05) is 12.6 Å². The summed E-state index contributed by atoms with van der Waals surface area (Å²) in [5.41, 5.74) is 4.38. The fourth-order valence-corrected chi connectivity index (χ4v) is 2.72. The summed E-state index contributed by atoms with van der Waals surface area (Å²) >= 11 is 0. The number of piperidine rings is 1. The van der Waals surface area contributed by atoms with Crippen LogP contribution in [0.15, 0.2) is 12.1 Å². The van der Waals surface area contributed by atoms with Gasteiger partial charge in [0.05, 0.1) is 17.2 Å². The van der Waals surface area contributed by atoms with Crippen molar-refractivity contribution >= 4 is 11.8 Å². The Labute approximate surface area is 131 Å². The molecule has 0 unspecified atom stereocenters. The zero-order valence-electron chi connectivity index (χ0n) is 12.9. The number of hydrogen-bond acceptors (Lipinski definition) is 3. The summed E-state index contributed by atoms with van der Waals surface area (Å²) in [7, 11) is 0. The van der Waals surface area contributed by atoms with Crippen molar-refractivity contribution in [3.8, 4) is 0 Å². The first-order valence-electron chi connectivity index (χ1n) is 7.26. The minimum Gasteiger partial charge on any atom is -0.369 e. The van der Waals surface area contributed by atoms with E-state index in [-0.39, 0.29) is 23.8 Å². The van der Waals surface area contributed by atoms with Crippen molar-refractivity contribution in [2.45, 2.75) is 38.9 Å². The average molecular weight is 329 g/mol. The second-order valence-electron chi connectivity index (χ2n) is 5.81. The molecule has 1 saturated heterocycles. The van der Waals surface area contributed by atoms with Crippen molar-refractivity contribution in [2.24, 2.45) is 11.7 Å². The highest BCUT2D eigenvalue weighted by atomic mass is 19.4. The van der Waals surface area contributed by atoms with Crippen molar-refractivity contribution in [3.05, 3.63) is 29.1 Å². The van der Waals surface area contributed by atoms with Gasteiger partial charge in [-0.2, -0.15) is 13.2 Å². The summed E-state index contributed by atoms with van der Waals surface area (Å²) in [4.78, 5) is 28.9. The number of primary amides is 1. The zero-order chi connectivity index (χ0) is 17.4. The molecule has 1 aliphatic rings. The molecule has 2 amide bonds. The van der Waals surface area contributed by atoms with Crippen LogP contribution in [0.25, 0.3) is 0 Å². The number of carbonyl (C=O) groups excluding carboxylic acids is 2. The maximum absolute atomic E-state index is 12.6. The van der Waals surface area contributed by atoms with Crippen LogP contribution in [0.5, 0.6) is 0 Å². The third kappa shape index (κ3) is 3.62. The normalized spacial score (nSPS) is 22.0. The summed E-state index contributed by atoms with van der Waals surface area (Å²) < 4.78 is 37.9. The first-order chi connectivity index (χ1) is 10.6. The van der Waals surface area contributed by atoms with E-state index in [0.717, 1.165) is 12.1 Å². The lowest BCUT2D eigenvalue weighted by Crippen LogP contribution is -2.48. The predicted molar refractivity (Wildman–Crippen MR) is 76.4 cm³/mol. The molecule has 1 fully saturated rings. The molecule has 0 bridgehead atoms. The SMILES string of the molecule is Cc1nc(C(F)(F)F)ccc1C(=O)N1C[C@@H](C(N)=O)CC[C@@H]1C. The van der Waals surface area contributed by atoms with Crippen LogP contribution in [0.1, 0.15) is 41.5 Å². The number of aryl methyl sites for hydroxylation is 1. The lowest BCUT2D eigenvalue weighted by molar-refractivity contribution is -0.141. The van der Waals surface area contributed by atoms with E-state index in [2.05, 4.69) is 4.98 Å². The molecular weight excluding hydrogens is 311 g/mol. The van der Waals surface area contributed by atoms with E-state index in [0.29, 0.717) is 12.8 Å². The minimum atomic E-state index is -4.55. The summed E-state index contributed by atoms with van der Waals surface area (Å²) in [5, 5.41) is 0. The fraction of sp³-hybridized carbons (Fsp3) is 0.533. The van der Waals surface area contributed by atoms with Gasteiger partial charge in [-0.1, -0.05) is 0 Å². The van der Waals surface area contributed by atoms with Gasteiger partial charge in [-0.25, -0.2) is 4.98 Å². The highest BCUT2D eigenvalue weighted by Gasteiger charge is 2.35. The van der Waals surface area contributed by atoms with E-state index in [1.54, 1.807) is 0 Å². The summed E-state index contributed by atoms with van der Waals surface area (Å²) in [6, 6.07) is 1.81. The van der Waals surface area contributed by atoms with Gasteiger partial charge < -0.3 is 10.6 Å². The Bertz CT molecular complexity index is 631. The van der Waals surface area contributed by atoms with Crippen LogP contribution >= 0.6 is 0 Å². The van der Waals surface area contributed by atoms with Crippen LogP contribution in [0.3, 0.4) is 0 Å². The fourth-order valence-electron chi connectivity index (χ4n) is 2.72. The average Bonchev–Trinajstić information content (AvgIpc) is 2.45. The van der Waals surface area contributed by atoms with Crippen molar-refractivity contribution in [2.75, 3.05) is 6.54 Å². The topological polar surface area (TPSA) is 76.3 Å². The summed E-state index contributed by atoms with van der Waals surface area (Å²) in [6.45, 7) is 3.38. The largest absolute Gasteiger partial charge is 0.433 e. The van der Waals surface area contributed by atoms with Crippen molar-refractivity contribution in [3.63, 3.8) is 0 Å². The predicted octanol–water partition coefficient (Wildman–Crippen LogP) is 2.13. The van der Waals surface area contributed by atoms with E-state index in [9.17, 15) is 22.8 Å². The second-order valence-corrected chi connectivity index (χ2v) is 5.81.